The van der Waals surface area contributed by atoms with Crippen LogP contribution in [0.25, 0.3) is 0 Å². The maximum absolute atomic E-state index is 11.5. The zero-order valence-corrected chi connectivity index (χ0v) is 11.4. The second-order valence-corrected chi connectivity index (χ2v) is 4.70. The number of rotatable bonds is 6. The van der Waals surface area contributed by atoms with Gasteiger partial charge in [-0.2, -0.15) is 0 Å². The molecule has 0 saturated heterocycles. The lowest BCUT2D eigenvalue weighted by atomic mass is 10.0. The molecule has 0 aliphatic heterocycles. The van der Waals surface area contributed by atoms with Crippen molar-refractivity contribution in [2.24, 2.45) is 0 Å². The van der Waals surface area contributed by atoms with E-state index in [1.165, 1.54) is 25.7 Å². The van der Waals surface area contributed by atoms with Gasteiger partial charge in [0.05, 0.1) is 6.54 Å². The third-order valence-corrected chi connectivity index (χ3v) is 2.91. The highest BCUT2D eigenvalue weighted by molar-refractivity contribution is 5.85. The fraction of sp³-hybridized carbons (Fsp3) is 0.429. The van der Waals surface area contributed by atoms with E-state index in [4.69, 9.17) is 9.84 Å². The fourth-order valence-corrected chi connectivity index (χ4v) is 1.72. The van der Waals surface area contributed by atoms with E-state index in [0.29, 0.717) is 5.75 Å². The summed E-state index contributed by atoms with van der Waals surface area (Å²) >= 11 is 0. The highest BCUT2D eigenvalue weighted by Gasteiger charge is 2.36. The first kappa shape index (κ1) is 15.0. The zero-order valence-electron chi connectivity index (χ0n) is 11.4. The Morgan fingerprint density at radius 1 is 1.26 bits per heavy atom. The first-order chi connectivity index (χ1) is 8.85. The van der Waals surface area contributed by atoms with Crippen molar-refractivity contribution in [3.8, 4) is 5.75 Å². The van der Waals surface area contributed by atoms with Crippen molar-refractivity contribution in [1.29, 1.82) is 0 Å². The van der Waals surface area contributed by atoms with E-state index in [9.17, 15) is 9.59 Å². The van der Waals surface area contributed by atoms with Crippen LogP contribution in [0.2, 0.25) is 0 Å². The maximum Gasteiger partial charge on any atom is 0.329 e. The fourth-order valence-electron chi connectivity index (χ4n) is 1.72. The number of aliphatic carboxylic acids is 1. The molecule has 0 unspecified atom stereocenters. The van der Waals surface area contributed by atoms with Crippen LogP contribution in [0.1, 0.15) is 20.8 Å². The van der Waals surface area contributed by atoms with Crippen LogP contribution in [-0.2, 0) is 9.59 Å². The van der Waals surface area contributed by atoms with Crippen molar-refractivity contribution in [2.45, 2.75) is 26.3 Å². The normalized spacial score (nSPS) is 10.9. The van der Waals surface area contributed by atoms with Crippen LogP contribution in [0.15, 0.2) is 30.3 Å². The van der Waals surface area contributed by atoms with Crippen LogP contribution >= 0.6 is 0 Å². The third-order valence-electron chi connectivity index (χ3n) is 2.91. The summed E-state index contributed by atoms with van der Waals surface area (Å²) in [4.78, 5) is 24.0. The minimum absolute atomic E-state index is 0.226. The van der Waals surface area contributed by atoms with Crippen molar-refractivity contribution in [2.75, 3.05) is 13.2 Å². The molecule has 1 rings (SSSR count). The molecular weight excluding hydrogens is 246 g/mol. The summed E-state index contributed by atoms with van der Waals surface area (Å²) in [5, 5.41) is 9.14. The van der Waals surface area contributed by atoms with Gasteiger partial charge < -0.3 is 14.7 Å². The van der Waals surface area contributed by atoms with Gasteiger partial charge in [-0.15, -0.1) is 0 Å². The van der Waals surface area contributed by atoms with Gasteiger partial charge in [-0.1, -0.05) is 18.2 Å². The number of hydrogen-bond acceptors (Lipinski definition) is 3. The van der Waals surface area contributed by atoms with Crippen molar-refractivity contribution >= 4 is 11.9 Å². The minimum Gasteiger partial charge on any atom is -0.492 e. The van der Waals surface area contributed by atoms with Crippen LogP contribution in [0.5, 0.6) is 5.75 Å². The Labute approximate surface area is 112 Å². The molecule has 104 valence electrons. The summed E-state index contributed by atoms with van der Waals surface area (Å²) in [7, 11) is 0. The van der Waals surface area contributed by atoms with E-state index < -0.39 is 11.5 Å². The van der Waals surface area contributed by atoms with Crippen LogP contribution in [0.4, 0.5) is 0 Å². The van der Waals surface area contributed by atoms with E-state index in [2.05, 4.69) is 0 Å². The molecule has 1 aromatic carbocycles. The maximum atomic E-state index is 11.5. The molecule has 0 radical (unpaired) electrons. The average Bonchev–Trinajstić information content (AvgIpc) is 2.35. The van der Waals surface area contributed by atoms with Crippen LogP contribution in [0, 0.1) is 0 Å². The Balaban J connectivity index is 2.61. The molecule has 0 bridgehead atoms. The smallest absolute Gasteiger partial charge is 0.329 e. The van der Waals surface area contributed by atoms with E-state index >= 15 is 0 Å². The largest absolute Gasteiger partial charge is 0.492 e. The van der Waals surface area contributed by atoms with Gasteiger partial charge in [-0.25, -0.2) is 4.79 Å². The van der Waals surface area contributed by atoms with Gasteiger partial charge in [0.1, 0.15) is 17.9 Å². The Kier molecular flexibility index (Phi) is 4.92. The number of amides is 1. The Morgan fingerprint density at radius 3 is 2.32 bits per heavy atom. The van der Waals surface area contributed by atoms with Crippen molar-refractivity contribution in [3.63, 3.8) is 0 Å². The number of carboxylic acids is 1. The van der Waals surface area contributed by atoms with Crippen molar-refractivity contribution < 1.29 is 19.4 Å². The summed E-state index contributed by atoms with van der Waals surface area (Å²) in [5.41, 5.74) is -1.24. The molecule has 0 fully saturated rings. The summed E-state index contributed by atoms with van der Waals surface area (Å²) in [6, 6.07) is 9.18. The number of carbonyl (C=O) groups is 2. The van der Waals surface area contributed by atoms with Gasteiger partial charge in [-0.05, 0) is 26.0 Å². The summed E-state index contributed by atoms with van der Waals surface area (Å²) in [5.74, 6) is -0.634. The van der Waals surface area contributed by atoms with Crippen LogP contribution < -0.4 is 4.74 Å². The summed E-state index contributed by atoms with van der Waals surface area (Å²) in [6.45, 7) is 4.83. The molecule has 5 nitrogen and oxygen atoms in total. The van der Waals surface area contributed by atoms with E-state index in [0.717, 1.165) is 0 Å². The lowest BCUT2D eigenvalue weighted by Gasteiger charge is -2.34. The van der Waals surface area contributed by atoms with E-state index in [1.54, 1.807) is 12.1 Å². The molecule has 1 aromatic rings. The third kappa shape index (κ3) is 3.98. The van der Waals surface area contributed by atoms with Gasteiger partial charge in [0.2, 0.25) is 5.91 Å². The van der Waals surface area contributed by atoms with Crippen molar-refractivity contribution in [1.82, 2.24) is 4.90 Å². The quantitative estimate of drug-likeness (QED) is 0.851. The molecule has 0 saturated carbocycles. The summed E-state index contributed by atoms with van der Waals surface area (Å²) < 4.78 is 5.47. The Morgan fingerprint density at radius 2 is 1.84 bits per heavy atom. The molecule has 19 heavy (non-hydrogen) atoms. The molecule has 0 aliphatic carbocycles. The number of para-hydroxylation sites is 1. The molecule has 1 amide bonds. The second kappa shape index (κ2) is 6.22. The number of ether oxygens (including phenoxy) is 1. The standard InChI is InChI=1S/C14H19NO4/c1-11(16)15(14(2,3)13(17)18)9-10-19-12-7-5-4-6-8-12/h4-8H,9-10H2,1-3H3,(H,17,18). The monoisotopic (exact) mass is 265 g/mol. The molecule has 0 atom stereocenters. The molecule has 0 aliphatic rings. The predicted octanol–water partition coefficient (Wildman–Crippen LogP) is 1.78. The van der Waals surface area contributed by atoms with Gasteiger partial charge in [-0.3, -0.25) is 4.79 Å². The lowest BCUT2D eigenvalue weighted by Crippen LogP contribution is -2.53. The average molecular weight is 265 g/mol. The van der Waals surface area contributed by atoms with Crippen LogP contribution in [0.3, 0.4) is 0 Å². The highest BCUT2D eigenvalue weighted by atomic mass is 16.5. The number of benzene rings is 1. The lowest BCUT2D eigenvalue weighted by molar-refractivity contribution is -0.156. The number of carbonyl (C=O) groups excluding carboxylic acids is 1. The molecule has 0 heterocycles. The van der Waals surface area contributed by atoms with E-state index in [-0.39, 0.29) is 19.1 Å². The van der Waals surface area contributed by atoms with Gasteiger partial charge >= 0.3 is 5.97 Å². The van der Waals surface area contributed by atoms with Gasteiger partial charge in [0.15, 0.2) is 0 Å². The number of carboxylic acid groups (broad SMARTS) is 1. The van der Waals surface area contributed by atoms with Crippen molar-refractivity contribution in [3.05, 3.63) is 30.3 Å². The molecule has 0 aromatic heterocycles. The van der Waals surface area contributed by atoms with Crippen LogP contribution in [-0.4, -0.2) is 40.6 Å². The SMILES string of the molecule is CC(=O)N(CCOc1ccccc1)C(C)(C)C(=O)O. The zero-order chi connectivity index (χ0) is 14.5. The predicted molar refractivity (Wildman–Crippen MR) is 71.0 cm³/mol. The highest BCUT2D eigenvalue weighted by Crippen LogP contribution is 2.15. The molecule has 5 heteroatoms. The minimum atomic E-state index is -1.24. The molecular formula is C14H19NO4. The molecule has 1 N–H and O–H groups in total. The first-order valence-electron chi connectivity index (χ1n) is 6.05. The molecule has 0 spiro atoms. The second-order valence-electron chi connectivity index (χ2n) is 4.70. The topological polar surface area (TPSA) is 66.8 Å². The number of hydrogen-bond donors (Lipinski definition) is 1. The summed E-state index contributed by atoms with van der Waals surface area (Å²) in [6.07, 6.45) is 0. The van der Waals surface area contributed by atoms with Gasteiger partial charge in [0.25, 0.3) is 0 Å². The Bertz CT molecular complexity index is 442. The van der Waals surface area contributed by atoms with E-state index in [1.807, 2.05) is 18.2 Å². The number of nitrogens with zero attached hydrogens (tertiary/aromatic N) is 1. The Hall–Kier alpha value is -2.04. The van der Waals surface area contributed by atoms with Gasteiger partial charge in [0, 0.05) is 6.92 Å². The first-order valence-corrected chi connectivity index (χ1v) is 6.05.